The lowest BCUT2D eigenvalue weighted by Gasteiger charge is -2.20. The summed E-state index contributed by atoms with van der Waals surface area (Å²) in [5.41, 5.74) is 6.49. The molecular weight excluding hydrogens is 202 g/mol. The Morgan fingerprint density at radius 1 is 1.79 bits per heavy atom. The van der Waals surface area contributed by atoms with Gasteiger partial charge >= 0.3 is 5.97 Å². The smallest absolute Gasteiger partial charge is 0.323 e. The molecule has 0 amide bonds. The Bertz CT molecular complexity index is 363. The van der Waals surface area contributed by atoms with Crippen molar-refractivity contribution in [1.82, 2.24) is 10.3 Å². The van der Waals surface area contributed by atoms with Gasteiger partial charge in [-0.2, -0.15) is 0 Å². The second-order valence-electron chi connectivity index (χ2n) is 3.08. The molecular formula is C8H11N3O2S. The number of ether oxygens (including phenoxy) is 1. The van der Waals surface area contributed by atoms with Gasteiger partial charge in [-0.1, -0.05) is 0 Å². The van der Waals surface area contributed by atoms with Crippen molar-refractivity contribution in [2.75, 3.05) is 12.8 Å². The number of nitrogens with two attached hydrogens (primary N) is 1. The first-order chi connectivity index (χ1) is 6.70. The van der Waals surface area contributed by atoms with Crippen LogP contribution in [0.2, 0.25) is 0 Å². The highest BCUT2D eigenvalue weighted by molar-refractivity contribution is 7.15. The molecule has 0 aliphatic carbocycles. The van der Waals surface area contributed by atoms with Crippen molar-refractivity contribution in [2.24, 2.45) is 0 Å². The molecule has 1 aliphatic rings. The van der Waals surface area contributed by atoms with E-state index in [1.165, 1.54) is 18.4 Å². The zero-order valence-corrected chi connectivity index (χ0v) is 8.56. The molecule has 5 nitrogen and oxygen atoms in total. The summed E-state index contributed by atoms with van der Waals surface area (Å²) >= 11 is 1.46. The van der Waals surface area contributed by atoms with Gasteiger partial charge in [-0.15, -0.1) is 11.3 Å². The maximum atomic E-state index is 11.2. The van der Waals surface area contributed by atoms with E-state index in [0.29, 0.717) is 18.1 Å². The zero-order chi connectivity index (χ0) is 10.1. The zero-order valence-electron chi connectivity index (χ0n) is 7.74. The third kappa shape index (κ3) is 1.58. The molecule has 1 aromatic heterocycles. The van der Waals surface area contributed by atoms with E-state index in [-0.39, 0.29) is 12.0 Å². The van der Waals surface area contributed by atoms with E-state index < -0.39 is 0 Å². The Morgan fingerprint density at radius 2 is 2.57 bits per heavy atom. The van der Waals surface area contributed by atoms with Crippen LogP contribution in [0.1, 0.15) is 10.6 Å². The van der Waals surface area contributed by atoms with E-state index in [0.717, 1.165) is 10.6 Å². The van der Waals surface area contributed by atoms with Crippen LogP contribution in [0.4, 0.5) is 5.13 Å². The number of nitrogens with zero attached hydrogens (tertiary/aromatic N) is 1. The lowest BCUT2D eigenvalue weighted by Crippen LogP contribution is -2.42. The van der Waals surface area contributed by atoms with Crippen LogP contribution in [0.5, 0.6) is 0 Å². The molecule has 76 valence electrons. The van der Waals surface area contributed by atoms with Gasteiger partial charge in [-0.05, 0) is 0 Å². The van der Waals surface area contributed by atoms with Gasteiger partial charge in [0.25, 0.3) is 0 Å². The first-order valence-corrected chi connectivity index (χ1v) is 5.07. The third-order valence-corrected chi connectivity index (χ3v) is 3.11. The fourth-order valence-corrected chi connectivity index (χ4v) is 2.30. The minimum absolute atomic E-state index is 0.248. The molecule has 14 heavy (non-hydrogen) atoms. The number of methoxy groups -OCH3 is 1. The third-order valence-electron chi connectivity index (χ3n) is 2.19. The van der Waals surface area contributed by atoms with Crippen LogP contribution < -0.4 is 11.1 Å². The average molecular weight is 213 g/mol. The summed E-state index contributed by atoms with van der Waals surface area (Å²) in [4.78, 5) is 16.5. The summed E-state index contributed by atoms with van der Waals surface area (Å²) in [7, 11) is 1.38. The molecule has 2 rings (SSSR count). The van der Waals surface area contributed by atoms with Gasteiger partial charge in [0.05, 0.1) is 12.8 Å². The summed E-state index contributed by atoms with van der Waals surface area (Å²) in [6, 6.07) is -0.283. The van der Waals surface area contributed by atoms with Gasteiger partial charge in [-0.25, -0.2) is 4.98 Å². The predicted octanol–water partition coefficient (Wildman–Crippen LogP) is -0.0874. The summed E-state index contributed by atoms with van der Waals surface area (Å²) in [6.07, 6.45) is 0.565. The minimum atomic E-state index is -0.283. The van der Waals surface area contributed by atoms with Crippen molar-refractivity contribution in [3.8, 4) is 0 Å². The normalized spacial score (nSPS) is 20.2. The highest BCUT2D eigenvalue weighted by Crippen LogP contribution is 2.24. The molecule has 0 radical (unpaired) electrons. The SMILES string of the molecule is COC(=O)C1Cc2nc(N)sc2CN1. The molecule has 6 heteroatoms. The topological polar surface area (TPSA) is 77.2 Å². The molecule has 0 spiro atoms. The van der Waals surface area contributed by atoms with Crippen LogP contribution in [-0.2, 0) is 22.5 Å². The number of nitrogen functional groups attached to an aromatic ring is 1. The summed E-state index contributed by atoms with van der Waals surface area (Å²) in [6.45, 7) is 0.643. The van der Waals surface area contributed by atoms with Crippen molar-refractivity contribution in [1.29, 1.82) is 0 Å². The molecule has 1 unspecified atom stereocenters. The lowest BCUT2D eigenvalue weighted by atomic mass is 10.1. The Balaban J connectivity index is 2.16. The molecule has 1 aliphatic heterocycles. The molecule has 0 aromatic carbocycles. The summed E-state index contributed by atoms with van der Waals surface area (Å²) < 4.78 is 4.65. The number of carbonyl (C=O) groups is 1. The standard InChI is InChI=1S/C8H11N3O2S/c1-13-7(12)5-2-4-6(3-10-5)14-8(9)11-4/h5,10H,2-3H2,1H3,(H2,9,11). The van der Waals surface area contributed by atoms with Gasteiger partial charge in [0.1, 0.15) is 6.04 Å². The van der Waals surface area contributed by atoms with E-state index in [1.54, 1.807) is 0 Å². The number of nitrogens with one attached hydrogen (secondary N) is 1. The molecule has 3 N–H and O–H groups in total. The average Bonchev–Trinajstić information content (AvgIpc) is 2.55. The first-order valence-electron chi connectivity index (χ1n) is 4.26. The first kappa shape index (κ1) is 9.42. The highest BCUT2D eigenvalue weighted by Gasteiger charge is 2.27. The predicted molar refractivity (Wildman–Crippen MR) is 52.9 cm³/mol. The molecule has 1 atom stereocenters. The molecule has 2 heterocycles. The number of fused-ring (bicyclic) bond motifs is 1. The van der Waals surface area contributed by atoms with Crippen LogP contribution in [0.3, 0.4) is 0 Å². The molecule has 0 bridgehead atoms. The van der Waals surface area contributed by atoms with Crippen molar-refractivity contribution in [2.45, 2.75) is 19.0 Å². The largest absolute Gasteiger partial charge is 0.468 e. The fourth-order valence-electron chi connectivity index (χ4n) is 1.49. The van der Waals surface area contributed by atoms with Crippen LogP contribution in [0.15, 0.2) is 0 Å². The second kappa shape index (κ2) is 3.55. The van der Waals surface area contributed by atoms with Crippen LogP contribution >= 0.6 is 11.3 Å². The van der Waals surface area contributed by atoms with Gasteiger partial charge in [0.15, 0.2) is 5.13 Å². The van der Waals surface area contributed by atoms with Crippen molar-refractivity contribution in [3.63, 3.8) is 0 Å². The van der Waals surface area contributed by atoms with Gasteiger partial charge in [0.2, 0.25) is 0 Å². The lowest BCUT2D eigenvalue weighted by molar-refractivity contribution is -0.143. The number of rotatable bonds is 1. The molecule has 1 aromatic rings. The molecule has 0 fully saturated rings. The number of anilines is 1. The van der Waals surface area contributed by atoms with Gasteiger partial charge < -0.3 is 10.5 Å². The van der Waals surface area contributed by atoms with Crippen molar-refractivity contribution < 1.29 is 9.53 Å². The molecule has 0 saturated carbocycles. The van der Waals surface area contributed by atoms with Gasteiger partial charge in [-0.3, -0.25) is 10.1 Å². The minimum Gasteiger partial charge on any atom is -0.468 e. The van der Waals surface area contributed by atoms with Crippen molar-refractivity contribution in [3.05, 3.63) is 10.6 Å². The number of carbonyl (C=O) groups excluding carboxylic acids is 1. The maximum absolute atomic E-state index is 11.2. The van der Waals surface area contributed by atoms with Crippen LogP contribution in [0.25, 0.3) is 0 Å². The van der Waals surface area contributed by atoms with E-state index >= 15 is 0 Å². The van der Waals surface area contributed by atoms with E-state index in [9.17, 15) is 4.79 Å². The number of thiazole rings is 1. The summed E-state index contributed by atoms with van der Waals surface area (Å²) in [5.74, 6) is -0.248. The second-order valence-corrected chi connectivity index (χ2v) is 4.20. The molecule has 0 saturated heterocycles. The quantitative estimate of drug-likeness (QED) is 0.638. The van der Waals surface area contributed by atoms with E-state index in [2.05, 4.69) is 15.0 Å². The Hall–Kier alpha value is -1.14. The summed E-state index contributed by atoms with van der Waals surface area (Å²) in [5, 5.41) is 3.64. The Kier molecular flexibility index (Phi) is 2.39. The maximum Gasteiger partial charge on any atom is 0.323 e. The number of aromatic nitrogens is 1. The fraction of sp³-hybridized carbons (Fsp3) is 0.500. The number of hydrogen-bond acceptors (Lipinski definition) is 6. The van der Waals surface area contributed by atoms with E-state index in [1.807, 2.05) is 0 Å². The number of hydrogen-bond donors (Lipinski definition) is 2. The Morgan fingerprint density at radius 3 is 3.29 bits per heavy atom. The van der Waals surface area contributed by atoms with Crippen LogP contribution in [-0.4, -0.2) is 24.1 Å². The van der Waals surface area contributed by atoms with E-state index in [4.69, 9.17) is 5.73 Å². The number of esters is 1. The monoisotopic (exact) mass is 213 g/mol. The van der Waals surface area contributed by atoms with Crippen molar-refractivity contribution >= 4 is 22.4 Å². The van der Waals surface area contributed by atoms with Gasteiger partial charge in [0, 0.05) is 17.8 Å². The highest BCUT2D eigenvalue weighted by atomic mass is 32.1. The Labute approximate surface area is 85.3 Å². The van der Waals surface area contributed by atoms with Crippen LogP contribution in [0, 0.1) is 0 Å².